The molecule has 0 aliphatic rings. The zero-order valence-electron chi connectivity index (χ0n) is 12.5. The monoisotopic (exact) mass is 338 g/mol. The van der Waals surface area contributed by atoms with Crippen LogP contribution < -0.4 is 0 Å². The molecule has 1 aromatic carbocycles. The van der Waals surface area contributed by atoms with E-state index < -0.39 is 0 Å². The number of nitrogens with zero attached hydrogens (tertiary/aromatic N) is 2. The summed E-state index contributed by atoms with van der Waals surface area (Å²) in [6, 6.07) is 8.17. The molecule has 0 saturated carbocycles. The first-order valence-corrected chi connectivity index (χ1v) is 7.56. The summed E-state index contributed by atoms with van der Waals surface area (Å²) in [5.41, 5.74) is 2.21. The van der Waals surface area contributed by atoms with E-state index in [1.807, 2.05) is 42.8 Å². The highest BCUT2D eigenvalue weighted by Crippen LogP contribution is 2.11. The van der Waals surface area contributed by atoms with E-state index in [1.54, 1.807) is 0 Å². The van der Waals surface area contributed by atoms with Crippen LogP contribution in [-0.2, 0) is 11.3 Å². The van der Waals surface area contributed by atoms with Gasteiger partial charge in [-0.2, -0.15) is 0 Å². The Kier molecular flexibility index (Phi) is 6.96. The standard InChI is InChI=1S/C16H23BrN2O/c1-5-19(10-13(2)3)16(20)12-18(4)11-14-6-8-15(17)9-7-14/h6-9H,2,5,10-12H2,1,3-4H3. The summed E-state index contributed by atoms with van der Waals surface area (Å²) in [5.74, 6) is 0.148. The van der Waals surface area contributed by atoms with E-state index in [9.17, 15) is 4.79 Å². The Bertz CT molecular complexity index is 456. The second-order valence-electron chi connectivity index (χ2n) is 5.16. The van der Waals surface area contributed by atoms with Crippen molar-refractivity contribution >= 4 is 21.8 Å². The molecule has 1 amide bonds. The lowest BCUT2D eigenvalue weighted by molar-refractivity contribution is -0.131. The van der Waals surface area contributed by atoms with Gasteiger partial charge in [0.25, 0.3) is 0 Å². The van der Waals surface area contributed by atoms with E-state index in [-0.39, 0.29) is 5.91 Å². The topological polar surface area (TPSA) is 23.6 Å². The van der Waals surface area contributed by atoms with Crippen LogP contribution in [0.2, 0.25) is 0 Å². The number of halogens is 1. The molecule has 0 aliphatic heterocycles. The Balaban J connectivity index is 2.52. The van der Waals surface area contributed by atoms with E-state index in [2.05, 4.69) is 34.6 Å². The predicted molar refractivity (Wildman–Crippen MR) is 87.5 cm³/mol. The lowest BCUT2D eigenvalue weighted by atomic mass is 10.2. The van der Waals surface area contributed by atoms with Crippen LogP contribution in [0.1, 0.15) is 19.4 Å². The van der Waals surface area contributed by atoms with Gasteiger partial charge < -0.3 is 4.90 Å². The molecule has 0 N–H and O–H groups in total. The average Bonchev–Trinajstić information content (AvgIpc) is 2.38. The first-order chi connectivity index (χ1) is 9.42. The van der Waals surface area contributed by atoms with Crippen molar-refractivity contribution < 1.29 is 4.79 Å². The van der Waals surface area contributed by atoms with Crippen molar-refractivity contribution in [1.29, 1.82) is 0 Å². The van der Waals surface area contributed by atoms with Crippen LogP contribution in [0.5, 0.6) is 0 Å². The molecular weight excluding hydrogens is 316 g/mol. The largest absolute Gasteiger partial charge is 0.338 e. The van der Waals surface area contributed by atoms with Crippen LogP contribution in [0.4, 0.5) is 0 Å². The number of carbonyl (C=O) groups excluding carboxylic acids is 1. The highest BCUT2D eigenvalue weighted by atomic mass is 79.9. The Hall–Kier alpha value is -1.13. The van der Waals surface area contributed by atoms with E-state index in [0.29, 0.717) is 13.1 Å². The van der Waals surface area contributed by atoms with Gasteiger partial charge in [0.15, 0.2) is 0 Å². The van der Waals surface area contributed by atoms with Crippen molar-refractivity contribution in [1.82, 2.24) is 9.80 Å². The Morgan fingerprint density at radius 1 is 1.25 bits per heavy atom. The summed E-state index contributed by atoms with van der Waals surface area (Å²) in [4.78, 5) is 16.1. The number of rotatable bonds is 7. The summed E-state index contributed by atoms with van der Waals surface area (Å²) >= 11 is 3.42. The van der Waals surface area contributed by atoms with Crippen LogP contribution in [0.25, 0.3) is 0 Å². The van der Waals surface area contributed by atoms with E-state index in [4.69, 9.17) is 0 Å². The fraction of sp³-hybridized carbons (Fsp3) is 0.438. The normalized spacial score (nSPS) is 10.7. The molecule has 0 unspecified atom stereocenters. The molecule has 0 spiro atoms. The van der Waals surface area contributed by atoms with Gasteiger partial charge in [-0.3, -0.25) is 9.69 Å². The third-order valence-electron chi connectivity index (χ3n) is 2.97. The molecule has 0 bridgehead atoms. The molecule has 20 heavy (non-hydrogen) atoms. The Morgan fingerprint density at radius 2 is 1.85 bits per heavy atom. The van der Waals surface area contributed by atoms with E-state index >= 15 is 0 Å². The highest BCUT2D eigenvalue weighted by molar-refractivity contribution is 9.10. The third-order valence-corrected chi connectivity index (χ3v) is 3.49. The average molecular weight is 339 g/mol. The maximum absolute atomic E-state index is 12.2. The molecule has 0 heterocycles. The van der Waals surface area contributed by atoms with Crippen LogP contribution in [-0.4, -0.2) is 42.4 Å². The van der Waals surface area contributed by atoms with Gasteiger partial charge in [0.05, 0.1) is 6.54 Å². The van der Waals surface area contributed by atoms with Gasteiger partial charge in [-0.15, -0.1) is 0 Å². The molecule has 3 nitrogen and oxygen atoms in total. The number of hydrogen-bond acceptors (Lipinski definition) is 2. The van der Waals surface area contributed by atoms with Crippen LogP contribution in [0.15, 0.2) is 40.9 Å². The minimum Gasteiger partial charge on any atom is -0.338 e. The van der Waals surface area contributed by atoms with Gasteiger partial charge in [0.2, 0.25) is 5.91 Å². The zero-order chi connectivity index (χ0) is 15.1. The van der Waals surface area contributed by atoms with Crippen molar-refractivity contribution in [2.75, 3.05) is 26.7 Å². The van der Waals surface area contributed by atoms with Gasteiger partial charge in [0, 0.05) is 24.1 Å². The van der Waals surface area contributed by atoms with E-state index in [1.165, 1.54) is 5.56 Å². The summed E-state index contributed by atoms with van der Waals surface area (Å²) in [6.07, 6.45) is 0. The molecule has 110 valence electrons. The van der Waals surface area contributed by atoms with Crippen LogP contribution >= 0.6 is 15.9 Å². The summed E-state index contributed by atoms with van der Waals surface area (Å²) in [6.45, 7) is 10.4. The molecule has 0 atom stereocenters. The minimum atomic E-state index is 0.148. The van der Waals surface area contributed by atoms with Crippen LogP contribution in [0.3, 0.4) is 0 Å². The first kappa shape index (κ1) is 16.9. The number of hydrogen-bond donors (Lipinski definition) is 0. The van der Waals surface area contributed by atoms with Crippen LogP contribution in [0, 0.1) is 0 Å². The van der Waals surface area contributed by atoms with Crippen molar-refractivity contribution in [2.24, 2.45) is 0 Å². The van der Waals surface area contributed by atoms with Crippen molar-refractivity contribution in [3.63, 3.8) is 0 Å². The summed E-state index contributed by atoms with van der Waals surface area (Å²) in [7, 11) is 1.97. The summed E-state index contributed by atoms with van der Waals surface area (Å²) < 4.78 is 1.07. The van der Waals surface area contributed by atoms with Gasteiger partial charge in [-0.1, -0.05) is 40.2 Å². The maximum atomic E-state index is 12.2. The second kappa shape index (κ2) is 8.22. The maximum Gasteiger partial charge on any atom is 0.237 e. The number of likely N-dealkylation sites (N-methyl/N-ethyl adjacent to an activating group) is 2. The predicted octanol–water partition coefficient (Wildman–Crippen LogP) is 3.31. The molecule has 1 aromatic rings. The molecule has 0 saturated heterocycles. The third kappa shape index (κ3) is 5.88. The van der Waals surface area contributed by atoms with Crippen molar-refractivity contribution in [3.8, 4) is 0 Å². The molecule has 0 aromatic heterocycles. The smallest absolute Gasteiger partial charge is 0.237 e. The summed E-state index contributed by atoms with van der Waals surface area (Å²) in [5, 5.41) is 0. The quantitative estimate of drug-likeness (QED) is 0.712. The Labute approximate surface area is 130 Å². The lowest BCUT2D eigenvalue weighted by Crippen LogP contribution is -2.39. The lowest BCUT2D eigenvalue weighted by Gasteiger charge is -2.24. The van der Waals surface area contributed by atoms with Crippen molar-refractivity contribution in [2.45, 2.75) is 20.4 Å². The first-order valence-electron chi connectivity index (χ1n) is 6.77. The number of benzene rings is 1. The number of amides is 1. The second-order valence-corrected chi connectivity index (χ2v) is 6.08. The van der Waals surface area contributed by atoms with Gasteiger partial charge in [-0.25, -0.2) is 0 Å². The molecular formula is C16H23BrN2O. The van der Waals surface area contributed by atoms with E-state index in [0.717, 1.165) is 23.1 Å². The fourth-order valence-electron chi connectivity index (χ4n) is 1.99. The molecule has 0 fully saturated rings. The van der Waals surface area contributed by atoms with Gasteiger partial charge in [-0.05, 0) is 38.6 Å². The Morgan fingerprint density at radius 3 is 2.35 bits per heavy atom. The SMILES string of the molecule is C=C(C)CN(CC)C(=O)CN(C)Cc1ccc(Br)cc1. The molecule has 0 aliphatic carbocycles. The zero-order valence-corrected chi connectivity index (χ0v) is 14.1. The molecule has 4 heteroatoms. The minimum absolute atomic E-state index is 0.148. The van der Waals surface area contributed by atoms with Crippen molar-refractivity contribution in [3.05, 3.63) is 46.5 Å². The highest BCUT2D eigenvalue weighted by Gasteiger charge is 2.14. The molecule has 0 radical (unpaired) electrons. The fourth-order valence-corrected chi connectivity index (χ4v) is 2.25. The molecule has 1 rings (SSSR count). The van der Waals surface area contributed by atoms with Gasteiger partial charge in [0.1, 0.15) is 0 Å². The van der Waals surface area contributed by atoms with Gasteiger partial charge >= 0.3 is 0 Å². The number of carbonyl (C=O) groups is 1.